The average molecular weight is 380 g/mol. The lowest BCUT2D eigenvalue weighted by atomic mass is 10.0. The molecule has 5 heteroatoms. The van der Waals surface area contributed by atoms with Crippen LogP contribution in [0, 0.1) is 0 Å². The number of piperidine rings is 1. The zero-order chi connectivity index (χ0) is 19.8. The molecule has 1 N–H and O–H groups in total. The minimum atomic E-state index is 0.00158. The quantitative estimate of drug-likeness (QED) is 0.795. The molecule has 1 atom stereocenters. The second-order valence-corrected chi connectivity index (χ2v) is 7.17. The van der Waals surface area contributed by atoms with Crippen LogP contribution in [-0.4, -0.2) is 35.8 Å². The highest BCUT2D eigenvalue weighted by atomic mass is 16.5. The van der Waals surface area contributed by atoms with Crippen molar-refractivity contribution in [2.45, 2.75) is 45.3 Å². The molecule has 1 saturated heterocycles. The maximum atomic E-state index is 13.1. The van der Waals surface area contributed by atoms with E-state index >= 15 is 0 Å². The number of nitrogens with one attached hydrogen (secondary N) is 1. The monoisotopic (exact) mass is 380 g/mol. The van der Waals surface area contributed by atoms with Crippen LogP contribution in [0.15, 0.2) is 54.6 Å². The van der Waals surface area contributed by atoms with Crippen molar-refractivity contribution < 1.29 is 14.3 Å². The molecule has 0 saturated carbocycles. The molecule has 0 spiro atoms. The Morgan fingerprint density at radius 1 is 1.11 bits per heavy atom. The molecule has 5 nitrogen and oxygen atoms in total. The zero-order valence-corrected chi connectivity index (χ0v) is 16.4. The summed E-state index contributed by atoms with van der Waals surface area (Å²) in [6, 6.07) is 17.2. The molecule has 0 aliphatic carbocycles. The van der Waals surface area contributed by atoms with Gasteiger partial charge in [0.1, 0.15) is 12.4 Å². The molecule has 0 bridgehead atoms. The number of para-hydroxylation sites is 1. The first-order chi connectivity index (χ1) is 13.7. The van der Waals surface area contributed by atoms with Crippen molar-refractivity contribution in [3.8, 4) is 5.75 Å². The summed E-state index contributed by atoms with van der Waals surface area (Å²) in [6.07, 6.45) is 3.17. The van der Waals surface area contributed by atoms with Gasteiger partial charge in [-0.25, -0.2) is 0 Å². The van der Waals surface area contributed by atoms with Crippen molar-refractivity contribution >= 4 is 11.8 Å². The van der Waals surface area contributed by atoms with E-state index in [2.05, 4.69) is 5.32 Å². The first-order valence-electron chi connectivity index (χ1n) is 10.0. The normalized spacial score (nSPS) is 16.5. The minimum absolute atomic E-state index is 0.00158. The summed E-state index contributed by atoms with van der Waals surface area (Å²) in [6.45, 7) is 3.61. The standard InChI is InChI=1S/C23H28N2O3/c1-2-9-22(26)24-19-11-8-15-25(16-19)23(27)21-14-7-6-10-18(21)17-28-20-12-4-3-5-13-20/h3-7,10,12-14,19H,2,8-9,11,15-17H2,1H3,(H,24,26). The van der Waals surface area contributed by atoms with Crippen LogP contribution in [0.1, 0.15) is 48.5 Å². The van der Waals surface area contributed by atoms with Crippen molar-refractivity contribution in [1.82, 2.24) is 10.2 Å². The fourth-order valence-electron chi connectivity index (χ4n) is 3.51. The molecule has 2 amide bonds. The van der Waals surface area contributed by atoms with Gasteiger partial charge in [0.05, 0.1) is 0 Å². The highest BCUT2D eigenvalue weighted by Gasteiger charge is 2.26. The van der Waals surface area contributed by atoms with Gasteiger partial charge in [0, 0.05) is 36.7 Å². The van der Waals surface area contributed by atoms with Crippen LogP contribution >= 0.6 is 0 Å². The van der Waals surface area contributed by atoms with E-state index in [4.69, 9.17) is 4.74 Å². The predicted molar refractivity (Wildman–Crippen MR) is 109 cm³/mol. The number of likely N-dealkylation sites (tertiary alicyclic amines) is 1. The largest absolute Gasteiger partial charge is 0.489 e. The SMILES string of the molecule is CCCC(=O)NC1CCCN(C(=O)c2ccccc2COc2ccccc2)C1. The van der Waals surface area contributed by atoms with Crippen molar-refractivity contribution in [2.24, 2.45) is 0 Å². The Morgan fingerprint density at radius 3 is 2.64 bits per heavy atom. The van der Waals surface area contributed by atoms with Crippen LogP contribution in [0.25, 0.3) is 0 Å². The maximum Gasteiger partial charge on any atom is 0.254 e. The summed E-state index contributed by atoms with van der Waals surface area (Å²) in [5, 5.41) is 3.06. The minimum Gasteiger partial charge on any atom is -0.489 e. The molecule has 1 aliphatic rings. The predicted octanol–water partition coefficient (Wildman–Crippen LogP) is 3.79. The number of hydrogen-bond acceptors (Lipinski definition) is 3. The van der Waals surface area contributed by atoms with Crippen LogP contribution in [0.5, 0.6) is 5.75 Å². The number of ether oxygens (including phenoxy) is 1. The van der Waals surface area contributed by atoms with Crippen LogP contribution in [0.4, 0.5) is 0 Å². The summed E-state index contributed by atoms with van der Waals surface area (Å²) in [4.78, 5) is 26.9. The average Bonchev–Trinajstić information content (AvgIpc) is 2.73. The molecule has 1 aliphatic heterocycles. The van der Waals surface area contributed by atoms with Crippen molar-refractivity contribution in [2.75, 3.05) is 13.1 Å². The van der Waals surface area contributed by atoms with E-state index in [9.17, 15) is 9.59 Å². The summed E-state index contributed by atoms with van der Waals surface area (Å²) < 4.78 is 5.84. The highest BCUT2D eigenvalue weighted by Crippen LogP contribution is 2.19. The summed E-state index contributed by atoms with van der Waals surface area (Å²) in [5.74, 6) is 0.849. The van der Waals surface area contributed by atoms with E-state index in [0.29, 0.717) is 31.7 Å². The Morgan fingerprint density at radius 2 is 1.86 bits per heavy atom. The Bertz CT molecular complexity index is 791. The fraction of sp³-hybridized carbons (Fsp3) is 0.391. The molecule has 2 aromatic carbocycles. The molecule has 148 valence electrons. The second kappa shape index (κ2) is 9.93. The van der Waals surface area contributed by atoms with Gasteiger partial charge in [-0.15, -0.1) is 0 Å². The molecule has 0 aromatic heterocycles. The van der Waals surface area contributed by atoms with Gasteiger partial charge < -0.3 is 15.0 Å². The molecule has 1 heterocycles. The second-order valence-electron chi connectivity index (χ2n) is 7.17. The maximum absolute atomic E-state index is 13.1. The van der Waals surface area contributed by atoms with Gasteiger partial charge >= 0.3 is 0 Å². The lowest BCUT2D eigenvalue weighted by Crippen LogP contribution is -2.49. The number of amides is 2. The van der Waals surface area contributed by atoms with Gasteiger partial charge in [-0.05, 0) is 37.5 Å². The molecular formula is C23H28N2O3. The van der Waals surface area contributed by atoms with E-state index in [0.717, 1.165) is 30.6 Å². The fourth-order valence-corrected chi connectivity index (χ4v) is 3.51. The Balaban J connectivity index is 1.65. The van der Waals surface area contributed by atoms with E-state index < -0.39 is 0 Å². The third kappa shape index (κ3) is 5.35. The van der Waals surface area contributed by atoms with Gasteiger partial charge in [0.15, 0.2) is 0 Å². The van der Waals surface area contributed by atoms with Gasteiger partial charge in [0.2, 0.25) is 5.91 Å². The Labute approximate surface area is 166 Å². The molecule has 1 fully saturated rings. The molecule has 28 heavy (non-hydrogen) atoms. The van der Waals surface area contributed by atoms with Crippen molar-refractivity contribution in [1.29, 1.82) is 0 Å². The van der Waals surface area contributed by atoms with E-state index in [-0.39, 0.29) is 17.9 Å². The smallest absolute Gasteiger partial charge is 0.254 e. The first kappa shape index (κ1) is 19.9. The lowest BCUT2D eigenvalue weighted by Gasteiger charge is -2.33. The van der Waals surface area contributed by atoms with Gasteiger partial charge in [-0.3, -0.25) is 9.59 Å². The summed E-state index contributed by atoms with van der Waals surface area (Å²) >= 11 is 0. The summed E-state index contributed by atoms with van der Waals surface area (Å²) in [7, 11) is 0. The van der Waals surface area contributed by atoms with Crippen LogP contribution in [0.3, 0.4) is 0 Å². The van der Waals surface area contributed by atoms with E-state index in [1.165, 1.54) is 0 Å². The lowest BCUT2D eigenvalue weighted by molar-refractivity contribution is -0.122. The number of hydrogen-bond donors (Lipinski definition) is 1. The number of carbonyl (C=O) groups is 2. The van der Waals surface area contributed by atoms with Crippen molar-refractivity contribution in [3.05, 3.63) is 65.7 Å². The number of rotatable bonds is 7. The third-order valence-corrected chi connectivity index (χ3v) is 4.94. The Kier molecular flexibility index (Phi) is 7.06. The number of carbonyl (C=O) groups excluding carboxylic acids is 2. The number of benzene rings is 2. The highest BCUT2D eigenvalue weighted by molar-refractivity contribution is 5.95. The van der Waals surface area contributed by atoms with Gasteiger partial charge in [0.25, 0.3) is 5.91 Å². The van der Waals surface area contributed by atoms with Crippen LogP contribution in [0.2, 0.25) is 0 Å². The molecule has 2 aromatic rings. The topological polar surface area (TPSA) is 58.6 Å². The van der Waals surface area contributed by atoms with E-state index in [1.54, 1.807) is 0 Å². The van der Waals surface area contributed by atoms with Gasteiger partial charge in [-0.2, -0.15) is 0 Å². The summed E-state index contributed by atoms with van der Waals surface area (Å²) in [5.41, 5.74) is 1.53. The van der Waals surface area contributed by atoms with E-state index in [1.807, 2.05) is 66.4 Å². The molecule has 0 radical (unpaired) electrons. The van der Waals surface area contributed by atoms with Crippen LogP contribution in [-0.2, 0) is 11.4 Å². The molecular weight excluding hydrogens is 352 g/mol. The zero-order valence-electron chi connectivity index (χ0n) is 16.4. The number of nitrogens with zero attached hydrogens (tertiary/aromatic N) is 1. The van der Waals surface area contributed by atoms with Crippen LogP contribution < -0.4 is 10.1 Å². The van der Waals surface area contributed by atoms with Gasteiger partial charge in [-0.1, -0.05) is 43.3 Å². The first-order valence-corrected chi connectivity index (χ1v) is 10.0. The van der Waals surface area contributed by atoms with Crippen molar-refractivity contribution in [3.63, 3.8) is 0 Å². The molecule has 3 rings (SSSR count). The Hall–Kier alpha value is -2.82. The molecule has 1 unspecified atom stereocenters. The third-order valence-electron chi connectivity index (χ3n) is 4.94.